The average Bonchev–Trinajstić information content (AvgIpc) is 3.18. The molecular weight excluding hydrogens is 302 g/mol. The van der Waals surface area contributed by atoms with Crippen molar-refractivity contribution in [3.05, 3.63) is 56.7 Å². The van der Waals surface area contributed by atoms with Crippen molar-refractivity contribution in [1.29, 1.82) is 5.41 Å². The number of hydrogen-bond donors (Lipinski definition) is 2. The molecule has 0 spiro atoms. The fraction of sp³-hybridized carbons (Fsp3) is 0.312. The Morgan fingerprint density at radius 2 is 2.14 bits per heavy atom. The highest BCUT2D eigenvalue weighted by molar-refractivity contribution is 7.07. The molecule has 110 valence electrons. The predicted octanol–water partition coefficient (Wildman–Crippen LogP) is 3.85. The zero-order valence-electron chi connectivity index (χ0n) is 11.7. The monoisotopic (exact) mass is 319 g/mol. The Kier molecular flexibility index (Phi) is 4.29. The van der Waals surface area contributed by atoms with Crippen molar-refractivity contribution in [2.24, 2.45) is 5.73 Å². The van der Waals surface area contributed by atoms with Crippen LogP contribution in [0, 0.1) is 5.41 Å². The number of nitrogens with zero attached hydrogens (tertiary/aromatic N) is 1. The minimum atomic E-state index is 0.0563. The molecule has 1 saturated carbocycles. The van der Waals surface area contributed by atoms with Crippen molar-refractivity contribution in [3.63, 3.8) is 0 Å². The molecule has 0 radical (unpaired) electrons. The van der Waals surface area contributed by atoms with E-state index in [4.69, 9.17) is 22.7 Å². The Bertz CT molecular complexity index is 635. The van der Waals surface area contributed by atoms with Crippen molar-refractivity contribution in [3.8, 4) is 0 Å². The highest BCUT2D eigenvalue weighted by atomic mass is 35.5. The zero-order valence-corrected chi connectivity index (χ0v) is 13.3. The molecule has 1 aromatic carbocycles. The van der Waals surface area contributed by atoms with Gasteiger partial charge in [0, 0.05) is 29.7 Å². The Labute approximate surface area is 133 Å². The SMILES string of the molecule is N=C(N)c1ccc(CN(Cc2ccsc2)C2CC2)c(Cl)c1. The minimum Gasteiger partial charge on any atom is -0.384 e. The summed E-state index contributed by atoms with van der Waals surface area (Å²) in [5.41, 5.74) is 8.64. The molecule has 21 heavy (non-hydrogen) atoms. The molecule has 0 amide bonds. The van der Waals surface area contributed by atoms with E-state index in [-0.39, 0.29) is 5.84 Å². The fourth-order valence-electron chi connectivity index (χ4n) is 2.43. The maximum absolute atomic E-state index is 7.46. The van der Waals surface area contributed by atoms with Gasteiger partial charge in [-0.3, -0.25) is 10.3 Å². The first-order valence-electron chi connectivity index (χ1n) is 7.01. The third kappa shape index (κ3) is 3.64. The molecule has 2 aromatic rings. The Hall–Kier alpha value is -1.36. The van der Waals surface area contributed by atoms with Gasteiger partial charge in [0.1, 0.15) is 5.84 Å². The number of halogens is 1. The van der Waals surface area contributed by atoms with E-state index in [0.717, 1.165) is 18.7 Å². The van der Waals surface area contributed by atoms with E-state index in [1.165, 1.54) is 18.4 Å². The molecule has 0 bridgehead atoms. The fourth-order valence-corrected chi connectivity index (χ4v) is 3.33. The number of amidine groups is 1. The highest BCUT2D eigenvalue weighted by Gasteiger charge is 2.29. The number of thiophene rings is 1. The normalized spacial score (nSPS) is 14.6. The molecule has 1 aliphatic rings. The summed E-state index contributed by atoms with van der Waals surface area (Å²) in [6.45, 7) is 1.82. The number of rotatable bonds is 6. The summed E-state index contributed by atoms with van der Waals surface area (Å²) in [6.07, 6.45) is 2.54. The quantitative estimate of drug-likeness (QED) is 0.627. The maximum Gasteiger partial charge on any atom is 0.122 e. The Morgan fingerprint density at radius 1 is 1.33 bits per heavy atom. The lowest BCUT2D eigenvalue weighted by atomic mass is 10.1. The van der Waals surface area contributed by atoms with E-state index in [2.05, 4.69) is 21.7 Å². The summed E-state index contributed by atoms with van der Waals surface area (Å²) < 4.78 is 0. The first-order chi connectivity index (χ1) is 10.1. The van der Waals surface area contributed by atoms with Gasteiger partial charge < -0.3 is 5.73 Å². The lowest BCUT2D eigenvalue weighted by Crippen LogP contribution is -2.25. The molecule has 1 aromatic heterocycles. The molecule has 0 unspecified atom stereocenters. The number of nitrogens with one attached hydrogen (secondary N) is 1. The summed E-state index contributed by atoms with van der Waals surface area (Å²) in [5.74, 6) is 0.0563. The Morgan fingerprint density at radius 3 is 2.71 bits per heavy atom. The second-order valence-corrected chi connectivity index (χ2v) is 6.67. The van der Waals surface area contributed by atoms with Gasteiger partial charge in [-0.05, 0) is 46.9 Å². The van der Waals surface area contributed by atoms with E-state index in [1.807, 2.05) is 12.1 Å². The van der Waals surface area contributed by atoms with Crippen molar-refractivity contribution < 1.29 is 0 Å². The second kappa shape index (κ2) is 6.18. The van der Waals surface area contributed by atoms with Crippen LogP contribution in [0.5, 0.6) is 0 Å². The second-order valence-electron chi connectivity index (χ2n) is 5.49. The van der Waals surface area contributed by atoms with E-state index in [1.54, 1.807) is 17.4 Å². The van der Waals surface area contributed by atoms with Gasteiger partial charge in [-0.15, -0.1) is 0 Å². The molecule has 0 atom stereocenters. The number of nitrogen functional groups attached to an aromatic ring is 1. The molecule has 5 heteroatoms. The van der Waals surface area contributed by atoms with E-state index in [0.29, 0.717) is 16.6 Å². The number of benzene rings is 1. The largest absolute Gasteiger partial charge is 0.384 e. The van der Waals surface area contributed by atoms with Gasteiger partial charge in [0.2, 0.25) is 0 Å². The van der Waals surface area contributed by atoms with Crippen LogP contribution in [0.25, 0.3) is 0 Å². The third-order valence-corrected chi connectivity index (χ3v) is 4.85. The van der Waals surface area contributed by atoms with Crippen LogP contribution in [0.1, 0.15) is 29.5 Å². The van der Waals surface area contributed by atoms with Gasteiger partial charge in [-0.2, -0.15) is 11.3 Å². The Balaban J connectivity index is 1.75. The molecule has 1 fully saturated rings. The standard InChI is InChI=1S/C16H18ClN3S/c17-15-7-12(16(18)19)1-2-13(15)9-20(14-3-4-14)8-11-5-6-21-10-11/h1-2,5-7,10,14H,3-4,8-9H2,(H3,18,19). The van der Waals surface area contributed by atoms with Crippen LogP contribution in [0.15, 0.2) is 35.0 Å². The van der Waals surface area contributed by atoms with Crippen molar-refractivity contribution in [2.45, 2.75) is 32.0 Å². The van der Waals surface area contributed by atoms with Gasteiger partial charge in [0.15, 0.2) is 0 Å². The summed E-state index contributed by atoms with van der Waals surface area (Å²) in [6, 6.07) is 8.50. The molecule has 3 N–H and O–H groups in total. The van der Waals surface area contributed by atoms with Crippen LogP contribution in [0.2, 0.25) is 5.02 Å². The zero-order chi connectivity index (χ0) is 14.8. The van der Waals surface area contributed by atoms with Crippen LogP contribution < -0.4 is 5.73 Å². The van der Waals surface area contributed by atoms with Crippen molar-refractivity contribution in [2.75, 3.05) is 0 Å². The van der Waals surface area contributed by atoms with Crippen LogP contribution in [0.3, 0.4) is 0 Å². The van der Waals surface area contributed by atoms with Gasteiger partial charge in [0.05, 0.1) is 0 Å². The topological polar surface area (TPSA) is 53.1 Å². The summed E-state index contributed by atoms with van der Waals surface area (Å²) in [5, 5.41) is 12.5. The number of nitrogens with two attached hydrogens (primary N) is 1. The minimum absolute atomic E-state index is 0.0563. The summed E-state index contributed by atoms with van der Waals surface area (Å²) >= 11 is 8.09. The molecule has 3 rings (SSSR count). The van der Waals surface area contributed by atoms with Crippen LogP contribution in [0.4, 0.5) is 0 Å². The van der Waals surface area contributed by atoms with Gasteiger partial charge >= 0.3 is 0 Å². The predicted molar refractivity (Wildman–Crippen MR) is 89.1 cm³/mol. The van der Waals surface area contributed by atoms with E-state index >= 15 is 0 Å². The molecule has 1 aliphatic carbocycles. The average molecular weight is 320 g/mol. The summed E-state index contributed by atoms with van der Waals surface area (Å²) in [7, 11) is 0. The van der Waals surface area contributed by atoms with Crippen molar-refractivity contribution >= 4 is 28.8 Å². The molecule has 0 saturated heterocycles. The molecule has 0 aliphatic heterocycles. The third-order valence-electron chi connectivity index (χ3n) is 3.77. The van der Waals surface area contributed by atoms with E-state index < -0.39 is 0 Å². The maximum atomic E-state index is 7.46. The van der Waals surface area contributed by atoms with Crippen LogP contribution in [-0.4, -0.2) is 16.8 Å². The molecular formula is C16H18ClN3S. The molecule has 1 heterocycles. The van der Waals surface area contributed by atoms with Gasteiger partial charge in [-0.1, -0.05) is 23.7 Å². The van der Waals surface area contributed by atoms with Crippen LogP contribution in [-0.2, 0) is 13.1 Å². The van der Waals surface area contributed by atoms with Crippen LogP contribution >= 0.6 is 22.9 Å². The number of hydrogen-bond acceptors (Lipinski definition) is 3. The molecule has 3 nitrogen and oxygen atoms in total. The van der Waals surface area contributed by atoms with Gasteiger partial charge in [-0.25, -0.2) is 0 Å². The van der Waals surface area contributed by atoms with Gasteiger partial charge in [0.25, 0.3) is 0 Å². The summed E-state index contributed by atoms with van der Waals surface area (Å²) in [4.78, 5) is 2.48. The first-order valence-corrected chi connectivity index (χ1v) is 8.33. The highest BCUT2D eigenvalue weighted by Crippen LogP contribution is 2.31. The lowest BCUT2D eigenvalue weighted by molar-refractivity contribution is 0.246. The lowest BCUT2D eigenvalue weighted by Gasteiger charge is -2.22. The smallest absolute Gasteiger partial charge is 0.122 e. The van der Waals surface area contributed by atoms with Crippen molar-refractivity contribution in [1.82, 2.24) is 4.90 Å². The van der Waals surface area contributed by atoms with E-state index in [9.17, 15) is 0 Å². The first kappa shape index (κ1) is 14.6.